The summed E-state index contributed by atoms with van der Waals surface area (Å²) in [6.07, 6.45) is 0. The van der Waals surface area contributed by atoms with Crippen molar-refractivity contribution in [3.05, 3.63) is 62.8 Å². The molecule has 6 heteroatoms. The minimum absolute atomic E-state index is 0.0295. The number of amides is 1. The number of hydrogen-bond donors (Lipinski definition) is 2. The molecule has 0 aliphatic carbocycles. The van der Waals surface area contributed by atoms with Crippen molar-refractivity contribution in [1.82, 2.24) is 5.32 Å². The third kappa shape index (κ3) is 3.49. The molecule has 0 aliphatic rings. The van der Waals surface area contributed by atoms with E-state index in [1.54, 1.807) is 24.3 Å². The first-order chi connectivity index (χ1) is 9.47. The van der Waals surface area contributed by atoms with Gasteiger partial charge in [-0.2, -0.15) is 0 Å². The largest absolute Gasteiger partial charge is 0.399 e. The molecule has 2 aromatic carbocycles. The molecule has 0 saturated carbocycles. The summed E-state index contributed by atoms with van der Waals surface area (Å²) in [6, 6.07) is 9.29. The maximum Gasteiger partial charge on any atom is 0.252 e. The summed E-state index contributed by atoms with van der Waals surface area (Å²) in [5, 5.41) is 2.75. The van der Waals surface area contributed by atoms with Gasteiger partial charge in [0.15, 0.2) is 0 Å². The van der Waals surface area contributed by atoms with Gasteiger partial charge < -0.3 is 11.1 Å². The van der Waals surface area contributed by atoms with Crippen LogP contribution >= 0.6 is 27.5 Å². The Bertz CT molecular complexity index is 664. The molecule has 0 atom stereocenters. The van der Waals surface area contributed by atoms with Crippen LogP contribution in [-0.2, 0) is 6.54 Å². The van der Waals surface area contributed by atoms with Crippen molar-refractivity contribution in [3.8, 4) is 0 Å². The van der Waals surface area contributed by atoms with Crippen LogP contribution in [0.4, 0.5) is 10.1 Å². The number of carbonyl (C=O) groups excluding carboxylic acids is 1. The second kappa shape index (κ2) is 6.24. The molecule has 0 aromatic heterocycles. The van der Waals surface area contributed by atoms with Crippen molar-refractivity contribution in [2.45, 2.75) is 6.54 Å². The molecule has 2 rings (SSSR count). The van der Waals surface area contributed by atoms with E-state index in [-0.39, 0.29) is 17.5 Å². The zero-order chi connectivity index (χ0) is 14.7. The molecular weight excluding hydrogens is 347 g/mol. The first kappa shape index (κ1) is 14.8. The van der Waals surface area contributed by atoms with Crippen LogP contribution in [0.25, 0.3) is 0 Å². The predicted molar refractivity (Wildman–Crippen MR) is 81.1 cm³/mol. The quantitative estimate of drug-likeness (QED) is 0.822. The van der Waals surface area contributed by atoms with Crippen molar-refractivity contribution in [2.24, 2.45) is 0 Å². The molecular formula is C14H11BrClFN2O. The molecule has 1 amide bonds. The highest BCUT2D eigenvalue weighted by molar-refractivity contribution is 9.10. The van der Waals surface area contributed by atoms with Crippen LogP contribution in [0.5, 0.6) is 0 Å². The van der Waals surface area contributed by atoms with E-state index in [1.807, 2.05) is 0 Å². The van der Waals surface area contributed by atoms with Crippen LogP contribution in [-0.4, -0.2) is 5.91 Å². The Morgan fingerprint density at radius 1 is 1.30 bits per heavy atom. The van der Waals surface area contributed by atoms with Crippen LogP contribution in [0.15, 0.2) is 40.9 Å². The Kier molecular flexibility index (Phi) is 4.62. The average molecular weight is 358 g/mol. The number of carbonyl (C=O) groups is 1. The van der Waals surface area contributed by atoms with Crippen LogP contribution in [0.3, 0.4) is 0 Å². The minimum atomic E-state index is -0.486. The standard InChI is InChI=1S/C14H11BrClFN2O/c15-11-3-2-9(18)6-10(11)14(20)19-7-8-1-4-13(17)12(16)5-8/h1-6H,7,18H2,(H,19,20). The Balaban J connectivity index is 2.08. The van der Waals surface area contributed by atoms with Gasteiger partial charge in [0.05, 0.1) is 10.6 Å². The van der Waals surface area contributed by atoms with E-state index in [0.717, 1.165) is 0 Å². The third-order valence-corrected chi connectivity index (χ3v) is 3.65. The van der Waals surface area contributed by atoms with Crippen molar-refractivity contribution in [2.75, 3.05) is 5.73 Å². The molecule has 3 N–H and O–H groups in total. The summed E-state index contributed by atoms with van der Waals surface area (Å²) in [7, 11) is 0. The average Bonchev–Trinajstić information content (AvgIpc) is 2.42. The maximum atomic E-state index is 13.0. The van der Waals surface area contributed by atoms with Crippen LogP contribution < -0.4 is 11.1 Å². The lowest BCUT2D eigenvalue weighted by molar-refractivity contribution is 0.0950. The predicted octanol–water partition coefficient (Wildman–Crippen LogP) is 3.75. The highest BCUT2D eigenvalue weighted by Crippen LogP contribution is 2.20. The SMILES string of the molecule is Nc1ccc(Br)c(C(=O)NCc2ccc(F)c(Cl)c2)c1. The summed E-state index contributed by atoms with van der Waals surface area (Å²) in [4.78, 5) is 12.0. The summed E-state index contributed by atoms with van der Waals surface area (Å²) in [6.45, 7) is 0.250. The highest BCUT2D eigenvalue weighted by Gasteiger charge is 2.10. The lowest BCUT2D eigenvalue weighted by atomic mass is 10.1. The second-order valence-electron chi connectivity index (χ2n) is 4.17. The molecule has 0 aliphatic heterocycles. The van der Waals surface area contributed by atoms with E-state index in [0.29, 0.717) is 21.3 Å². The Morgan fingerprint density at radius 3 is 2.75 bits per heavy atom. The topological polar surface area (TPSA) is 55.1 Å². The number of anilines is 1. The number of halogens is 3. The first-order valence-electron chi connectivity index (χ1n) is 5.74. The fourth-order valence-electron chi connectivity index (χ4n) is 1.64. The molecule has 0 heterocycles. The number of nitrogens with two attached hydrogens (primary N) is 1. The van der Waals surface area contributed by atoms with Gasteiger partial charge in [-0.05, 0) is 51.8 Å². The lowest BCUT2D eigenvalue weighted by Crippen LogP contribution is -2.23. The molecule has 0 spiro atoms. The Labute approximate surface area is 129 Å². The van der Waals surface area contributed by atoms with Gasteiger partial charge in [-0.1, -0.05) is 17.7 Å². The van der Waals surface area contributed by atoms with Gasteiger partial charge in [-0.3, -0.25) is 4.79 Å². The van der Waals surface area contributed by atoms with E-state index in [4.69, 9.17) is 17.3 Å². The molecule has 0 fully saturated rings. The zero-order valence-electron chi connectivity index (χ0n) is 10.3. The molecule has 0 radical (unpaired) electrons. The third-order valence-electron chi connectivity index (χ3n) is 2.67. The van der Waals surface area contributed by atoms with Crippen LogP contribution in [0.2, 0.25) is 5.02 Å². The van der Waals surface area contributed by atoms with Crippen LogP contribution in [0, 0.1) is 5.82 Å². The summed E-state index contributed by atoms with van der Waals surface area (Å²) in [5.41, 5.74) is 7.31. The molecule has 2 aromatic rings. The molecule has 3 nitrogen and oxygen atoms in total. The highest BCUT2D eigenvalue weighted by atomic mass is 79.9. The maximum absolute atomic E-state index is 13.0. The van der Waals surface area contributed by atoms with Crippen molar-refractivity contribution >= 4 is 39.1 Å². The number of rotatable bonds is 3. The summed E-state index contributed by atoms with van der Waals surface area (Å²) >= 11 is 8.97. The van der Waals surface area contributed by atoms with Gasteiger partial charge in [-0.15, -0.1) is 0 Å². The van der Waals surface area contributed by atoms with Gasteiger partial charge in [0, 0.05) is 16.7 Å². The molecule has 0 bridgehead atoms. The smallest absolute Gasteiger partial charge is 0.252 e. The van der Waals surface area contributed by atoms with Gasteiger partial charge in [0.2, 0.25) is 0 Å². The van der Waals surface area contributed by atoms with E-state index in [2.05, 4.69) is 21.2 Å². The number of nitrogens with one attached hydrogen (secondary N) is 1. The number of nitrogen functional groups attached to an aromatic ring is 1. The zero-order valence-corrected chi connectivity index (χ0v) is 12.6. The van der Waals surface area contributed by atoms with E-state index in [1.165, 1.54) is 12.1 Å². The van der Waals surface area contributed by atoms with E-state index >= 15 is 0 Å². The fraction of sp³-hybridized carbons (Fsp3) is 0.0714. The van der Waals surface area contributed by atoms with Gasteiger partial charge >= 0.3 is 0 Å². The molecule has 0 unspecified atom stereocenters. The minimum Gasteiger partial charge on any atom is -0.399 e. The lowest BCUT2D eigenvalue weighted by Gasteiger charge is -2.08. The molecule has 0 saturated heterocycles. The van der Waals surface area contributed by atoms with Crippen molar-refractivity contribution in [3.63, 3.8) is 0 Å². The van der Waals surface area contributed by atoms with E-state index < -0.39 is 5.82 Å². The number of benzene rings is 2. The summed E-state index contributed by atoms with van der Waals surface area (Å²) < 4.78 is 13.7. The molecule has 104 valence electrons. The molecule has 20 heavy (non-hydrogen) atoms. The fourth-order valence-corrected chi connectivity index (χ4v) is 2.27. The Hall–Kier alpha value is -1.59. The van der Waals surface area contributed by atoms with Gasteiger partial charge in [0.25, 0.3) is 5.91 Å². The Morgan fingerprint density at radius 2 is 2.05 bits per heavy atom. The van der Waals surface area contributed by atoms with Crippen molar-refractivity contribution < 1.29 is 9.18 Å². The van der Waals surface area contributed by atoms with Crippen molar-refractivity contribution in [1.29, 1.82) is 0 Å². The monoisotopic (exact) mass is 356 g/mol. The second-order valence-corrected chi connectivity index (χ2v) is 5.43. The number of hydrogen-bond acceptors (Lipinski definition) is 2. The van der Waals surface area contributed by atoms with Gasteiger partial charge in [0.1, 0.15) is 5.82 Å². The van der Waals surface area contributed by atoms with Crippen LogP contribution in [0.1, 0.15) is 15.9 Å². The van der Waals surface area contributed by atoms with Gasteiger partial charge in [-0.25, -0.2) is 4.39 Å². The first-order valence-corrected chi connectivity index (χ1v) is 6.91. The normalized spacial score (nSPS) is 10.3. The summed E-state index contributed by atoms with van der Waals surface area (Å²) in [5.74, 6) is -0.759. The van der Waals surface area contributed by atoms with E-state index in [9.17, 15) is 9.18 Å².